The Balaban J connectivity index is 1.36. The minimum absolute atomic E-state index is 0.118. The van der Waals surface area contributed by atoms with E-state index < -0.39 is 0 Å². The summed E-state index contributed by atoms with van der Waals surface area (Å²) in [6.45, 7) is 1.44. The van der Waals surface area contributed by atoms with Crippen LogP contribution in [0, 0.1) is 0 Å². The summed E-state index contributed by atoms with van der Waals surface area (Å²) >= 11 is 0. The number of nitrogens with zero attached hydrogens (tertiary/aromatic N) is 4. The largest absolute Gasteiger partial charge is 0.419 e. The number of fused-ring (bicyclic) bond motifs is 1. The first-order chi connectivity index (χ1) is 12.3. The lowest BCUT2D eigenvalue weighted by molar-refractivity contribution is -0.132. The molecule has 6 heteroatoms. The number of hydrogen-bond donors (Lipinski definition) is 0. The average molecular weight is 334 g/mol. The van der Waals surface area contributed by atoms with Crippen molar-refractivity contribution in [1.82, 2.24) is 20.1 Å². The summed E-state index contributed by atoms with van der Waals surface area (Å²) in [6, 6.07) is 13.8. The van der Waals surface area contributed by atoms with Gasteiger partial charge < -0.3 is 9.32 Å². The molecule has 0 unspecified atom stereocenters. The Kier molecular flexibility index (Phi) is 4.24. The van der Waals surface area contributed by atoms with Crippen molar-refractivity contribution in [2.45, 2.75) is 25.8 Å². The molecule has 0 radical (unpaired) electrons. The van der Waals surface area contributed by atoms with Gasteiger partial charge in [0.05, 0.1) is 0 Å². The van der Waals surface area contributed by atoms with Crippen LogP contribution >= 0.6 is 0 Å². The lowest BCUT2D eigenvalue weighted by atomic mass is 9.99. The van der Waals surface area contributed by atoms with Gasteiger partial charge in [-0.3, -0.25) is 9.78 Å². The molecule has 1 aliphatic rings. The lowest BCUT2D eigenvalue weighted by Crippen LogP contribution is -2.36. The molecule has 126 valence electrons. The third-order valence-corrected chi connectivity index (χ3v) is 4.39. The third-order valence-electron chi connectivity index (χ3n) is 4.39. The van der Waals surface area contributed by atoms with Crippen LogP contribution in [-0.2, 0) is 24.2 Å². The highest BCUT2D eigenvalue weighted by atomic mass is 16.4. The molecular formula is C19H18N4O2. The molecule has 4 rings (SSSR count). The molecule has 3 heterocycles. The van der Waals surface area contributed by atoms with Crippen LogP contribution in [0.3, 0.4) is 0 Å². The SMILES string of the molecule is O=C(CCc1nnc(-c2ccccn2)o1)N1CCc2ccccc2C1. The first-order valence-electron chi connectivity index (χ1n) is 8.38. The Hall–Kier alpha value is -3.02. The number of aryl methyl sites for hydroxylation is 1. The highest BCUT2D eigenvalue weighted by Crippen LogP contribution is 2.20. The molecule has 0 saturated carbocycles. The summed E-state index contributed by atoms with van der Waals surface area (Å²) in [5.41, 5.74) is 3.21. The number of carbonyl (C=O) groups excluding carboxylic acids is 1. The normalized spacial score (nSPS) is 13.5. The molecule has 0 aliphatic carbocycles. The minimum atomic E-state index is 0.118. The number of carbonyl (C=O) groups is 1. The van der Waals surface area contributed by atoms with Crippen molar-refractivity contribution < 1.29 is 9.21 Å². The average Bonchev–Trinajstić information content (AvgIpc) is 3.15. The maximum Gasteiger partial charge on any atom is 0.266 e. The second-order valence-electron chi connectivity index (χ2n) is 6.05. The first-order valence-corrected chi connectivity index (χ1v) is 8.38. The van der Waals surface area contributed by atoms with E-state index in [0.717, 1.165) is 13.0 Å². The van der Waals surface area contributed by atoms with Gasteiger partial charge in [-0.25, -0.2) is 0 Å². The fourth-order valence-corrected chi connectivity index (χ4v) is 3.03. The molecule has 0 bridgehead atoms. The predicted molar refractivity (Wildman–Crippen MR) is 91.4 cm³/mol. The molecular weight excluding hydrogens is 316 g/mol. The van der Waals surface area contributed by atoms with Crippen LogP contribution < -0.4 is 0 Å². The Morgan fingerprint density at radius 1 is 1.08 bits per heavy atom. The minimum Gasteiger partial charge on any atom is -0.419 e. The van der Waals surface area contributed by atoms with Gasteiger partial charge in [-0.1, -0.05) is 30.3 Å². The van der Waals surface area contributed by atoms with Crippen LogP contribution in [0.4, 0.5) is 0 Å². The van der Waals surface area contributed by atoms with Crippen LogP contribution in [0.5, 0.6) is 0 Å². The van der Waals surface area contributed by atoms with Gasteiger partial charge in [0, 0.05) is 32.1 Å². The molecule has 1 aliphatic heterocycles. The molecule has 2 aromatic heterocycles. The number of pyridine rings is 1. The standard InChI is InChI=1S/C19H18N4O2/c24-18(23-12-10-14-5-1-2-6-15(14)13-23)9-8-17-21-22-19(25-17)16-7-3-4-11-20-16/h1-7,11H,8-10,12-13H2. The van der Waals surface area contributed by atoms with Crippen LogP contribution in [0.15, 0.2) is 53.1 Å². The van der Waals surface area contributed by atoms with Crippen LogP contribution in [0.2, 0.25) is 0 Å². The maximum absolute atomic E-state index is 12.5. The van der Waals surface area contributed by atoms with Crippen molar-refractivity contribution in [3.8, 4) is 11.6 Å². The van der Waals surface area contributed by atoms with E-state index in [1.807, 2.05) is 35.2 Å². The van der Waals surface area contributed by atoms with Gasteiger partial charge in [-0.05, 0) is 29.7 Å². The van der Waals surface area contributed by atoms with E-state index in [1.54, 1.807) is 6.20 Å². The van der Waals surface area contributed by atoms with E-state index >= 15 is 0 Å². The number of rotatable bonds is 4. The zero-order valence-electron chi connectivity index (χ0n) is 13.8. The molecule has 0 fully saturated rings. The summed E-state index contributed by atoms with van der Waals surface area (Å²) in [4.78, 5) is 18.6. The van der Waals surface area contributed by atoms with Crippen molar-refractivity contribution in [2.24, 2.45) is 0 Å². The van der Waals surface area contributed by atoms with Crippen molar-refractivity contribution in [1.29, 1.82) is 0 Å². The molecule has 0 saturated heterocycles. The fraction of sp³-hybridized carbons (Fsp3) is 0.263. The Labute approximate surface area is 145 Å². The molecule has 3 aromatic rings. The van der Waals surface area contributed by atoms with Gasteiger partial charge in [0.15, 0.2) is 0 Å². The number of benzene rings is 1. The van der Waals surface area contributed by atoms with Gasteiger partial charge in [0.1, 0.15) is 5.69 Å². The van der Waals surface area contributed by atoms with Gasteiger partial charge in [-0.2, -0.15) is 0 Å². The number of amides is 1. The smallest absolute Gasteiger partial charge is 0.266 e. The van der Waals surface area contributed by atoms with Gasteiger partial charge in [-0.15, -0.1) is 10.2 Å². The molecule has 0 N–H and O–H groups in total. The molecule has 1 aromatic carbocycles. The van der Waals surface area contributed by atoms with E-state index in [4.69, 9.17) is 4.42 Å². The maximum atomic E-state index is 12.5. The van der Waals surface area contributed by atoms with Crippen molar-refractivity contribution in [2.75, 3.05) is 6.54 Å². The summed E-state index contributed by atoms with van der Waals surface area (Å²) in [5, 5.41) is 8.02. The van der Waals surface area contributed by atoms with Crippen LogP contribution in [-0.4, -0.2) is 32.5 Å². The zero-order valence-corrected chi connectivity index (χ0v) is 13.8. The second-order valence-corrected chi connectivity index (χ2v) is 6.05. The summed E-state index contributed by atoms with van der Waals surface area (Å²) in [6.07, 6.45) is 3.39. The first kappa shape index (κ1) is 15.5. The van der Waals surface area contributed by atoms with Crippen molar-refractivity contribution >= 4 is 5.91 Å². The highest BCUT2D eigenvalue weighted by Gasteiger charge is 2.21. The predicted octanol–water partition coefficient (Wildman–Crippen LogP) is 2.65. The topological polar surface area (TPSA) is 72.1 Å². The zero-order chi connectivity index (χ0) is 17.1. The number of hydrogen-bond acceptors (Lipinski definition) is 5. The summed E-state index contributed by atoms with van der Waals surface area (Å²) in [5.74, 6) is 0.966. The summed E-state index contributed by atoms with van der Waals surface area (Å²) < 4.78 is 5.61. The lowest BCUT2D eigenvalue weighted by Gasteiger charge is -2.28. The Morgan fingerprint density at radius 2 is 1.92 bits per heavy atom. The van der Waals surface area contributed by atoms with Crippen LogP contribution in [0.1, 0.15) is 23.4 Å². The third kappa shape index (κ3) is 3.42. The van der Waals surface area contributed by atoms with Crippen LogP contribution in [0.25, 0.3) is 11.6 Å². The quantitative estimate of drug-likeness (QED) is 0.733. The Morgan fingerprint density at radius 3 is 2.76 bits per heavy atom. The molecule has 0 atom stereocenters. The van der Waals surface area contributed by atoms with E-state index in [-0.39, 0.29) is 5.91 Å². The molecule has 1 amide bonds. The van der Waals surface area contributed by atoms with E-state index in [2.05, 4.69) is 27.3 Å². The van der Waals surface area contributed by atoms with Crippen molar-refractivity contribution in [3.63, 3.8) is 0 Å². The summed E-state index contributed by atoms with van der Waals surface area (Å²) in [7, 11) is 0. The van der Waals surface area contributed by atoms with Crippen molar-refractivity contribution in [3.05, 3.63) is 65.7 Å². The van der Waals surface area contributed by atoms with E-state index in [1.165, 1.54) is 11.1 Å². The van der Waals surface area contributed by atoms with Gasteiger partial charge in [0.2, 0.25) is 11.8 Å². The van der Waals surface area contributed by atoms with Gasteiger partial charge >= 0.3 is 0 Å². The van der Waals surface area contributed by atoms with E-state index in [0.29, 0.717) is 36.9 Å². The number of aromatic nitrogens is 3. The van der Waals surface area contributed by atoms with E-state index in [9.17, 15) is 4.79 Å². The second kappa shape index (κ2) is 6.84. The highest BCUT2D eigenvalue weighted by molar-refractivity contribution is 5.76. The Bertz CT molecular complexity index is 876. The monoisotopic (exact) mass is 334 g/mol. The molecule has 25 heavy (non-hydrogen) atoms. The molecule has 0 spiro atoms. The van der Waals surface area contributed by atoms with Gasteiger partial charge in [0.25, 0.3) is 5.89 Å². The molecule has 6 nitrogen and oxygen atoms in total. The fourth-order valence-electron chi connectivity index (χ4n) is 3.03.